The van der Waals surface area contributed by atoms with Gasteiger partial charge in [0.15, 0.2) is 0 Å². The average molecular weight is 550 g/mol. The number of nitrogens with zero attached hydrogens (tertiary/aromatic N) is 4. The summed E-state index contributed by atoms with van der Waals surface area (Å²) < 4.78 is 66.4. The normalized spacial score (nSPS) is 24.5. The van der Waals surface area contributed by atoms with Crippen LogP contribution in [0.3, 0.4) is 0 Å². The summed E-state index contributed by atoms with van der Waals surface area (Å²) in [5.74, 6) is 0.0164. The molecule has 1 saturated carbocycles. The molecule has 3 heterocycles. The zero-order valence-electron chi connectivity index (χ0n) is 21.4. The third-order valence-corrected chi connectivity index (χ3v) is 9.90. The molecule has 38 heavy (non-hydrogen) atoms. The molecule has 3 aromatic rings. The zero-order valence-corrected chi connectivity index (χ0v) is 22.2. The highest BCUT2D eigenvalue weighted by Crippen LogP contribution is 2.39. The van der Waals surface area contributed by atoms with E-state index in [2.05, 4.69) is 19.6 Å². The van der Waals surface area contributed by atoms with E-state index in [1.165, 1.54) is 30.1 Å². The quantitative estimate of drug-likeness (QED) is 0.453. The summed E-state index contributed by atoms with van der Waals surface area (Å²) in [4.78, 5) is 22.1. The summed E-state index contributed by atoms with van der Waals surface area (Å²) in [6.07, 6.45) is 1.04. The van der Waals surface area contributed by atoms with Crippen LogP contribution in [0, 0.1) is 5.82 Å². The van der Waals surface area contributed by atoms with Crippen molar-refractivity contribution in [1.29, 1.82) is 0 Å². The Bertz CT molecular complexity index is 1550. The fourth-order valence-corrected chi connectivity index (χ4v) is 7.55. The van der Waals surface area contributed by atoms with Crippen LogP contribution in [0.2, 0.25) is 0 Å². The maximum absolute atomic E-state index is 14.8. The van der Waals surface area contributed by atoms with E-state index in [4.69, 9.17) is 4.74 Å². The monoisotopic (exact) mass is 549 g/mol. The van der Waals surface area contributed by atoms with Gasteiger partial charge in [0.05, 0.1) is 34.2 Å². The highest BCUT2D eigenvalue weighted by atomic mass is 32.2. The summed E-state index contributed by atoms with van der Waals surface area (Å²) >= 11 is 0. The second-order valence-corrected chi connectivity index (χ2v) is 12.6. The van der Waals surface area contributed by atoms with Crippen LogP contribution in [0.15, 0.2) is 39.8 Å². The number of anilines is 1. The lowest BCUT2D eigenvalue weighted by Gasteiger charge is -2.37. The van der Waals surface area contributed by atoms with Gasteiger partial charge in [-0.2, -0.15) is 0 Å². The first-order valence-electron chi connectivity index (χ1n) is 12.5. The molecule has 204 valence electrons. The molecule has 1 aliphatic carbocycles. The van der Waals surface area contributed by atoms with Crippen molar-refractivity contribution < 1.29 is 22.1 Å². The minimum absolute atomic E-state index is 0.0643. The van der Waals surface area contributed by atoms with Gasteiger partial charge in [-0.15, -0.1) is 0 Å². The minimum atomic E-state index is -2.94. The Morgan fingerprint density at radius 3 is 2.53 bits per heavy atom. The van der Waals surface area contributed by atoms with Crippen molar-refractivity contribution in [2.24, 2.45) is 11.4 Å². The summed E-state index contributed by atoms with van der Waals surface area (Å²) in [6.45, 7) is 1.64. The Labute approximate surface area is 218 Å². The zero-order chi connectivity index (χ0) is 27.2. The van der Waals surface area contributed by atoms with Crippen molar-refractivity contribution in [1.82, 2.24) is 14.5 Å². The Hall–Kier alpha value is -2.99. The summed E-state index contributed by atoms with van der Waals surface area (Å²) in [7, 11) is 0.793. The second-order valence-electron chi connectivity index (χ2n) is 10.0. The van der Waals surface area contributed by atoms with Gasteiger partial charge in [-0.3, -0.25) is 9.36 Å². The van der Waals surface area contributed by atoms with Crippen LogP contribution in [0.1, 0.15) is 61.8 Å². The van der Waals surface area contributed by atoms with Crippen molar-refractivity contribution in [3.63, 3.8) is 0 Å². The molecule has 0 spiro atoms. The Balaban J connectivity index is 1.54. The number of methoxy groups -OCH3 is 1. The standard InChI is InChI=1S/C26H30F3N5O3S/c1-15(17-5-4-6-18(21(17)27)22(28)29)32-23-19-13-20(25(35)34(2)24(19)31-14-30-23)26(37-3)9-11-38(36,12-10-26)33-16-7-8-16/h4-6,13-16,22H,7-12H2,1-3H3,(H,30,31,32)/t15-,26?,38?/m1/s1. The maximum atomic E-state index is 14.8. The van der Waals surface area contributed by atoms with Gasteiger partial charge in [0.25, 0.3) is 12.0 Å². The van der Waals surface area contributed by atoms with Crippen LogP contribution in [0.5, 0.6) is 0 Å². The van der Waals surface area contributed by atoms with Crippen LogP contribution < -0.4 is 10.9 Å². The fraction of sp³-hybridized carbons (Fsp3) is 0.500. The van der Waals surface area contributed by atoms with Crippen LogP contribution >= 0.6 is 0 Å². The molecule has 8 nitrogen and oxygen atoms in total. The number of halogens is 3. The predicted octanol–water partition coefficient (Wildman–Crippen LogP) is 4.84. The Morgan fingerprint density at radius 1 is 1.21 bits per heavy atom. The van der Waals surface area contributed by atoms with Crippen molar-refractivity contribution >= 4 is 26.6 Å². The van der Waals surface area contributed by atoms with Crippen molar-refractivity contribution in [2.45, 2.75) is 56.7 Å². The molecule has 0 amide bonds. The molecule has 0 radical (unpaired) electrons. The lowest BCUT2D eigenvalue weighted by molar-refractivity contribution is -0.0241. The van der Waals surface area contributed by atoms with E-state index < -0.39 is 39.2 Å². The van der Waals surface area contributed by atoms with E-state index in [9.17, 15) is 22.2 Å². The molecule has 1 N–H and O–H groups in total. The van der Waals surface area contributed by atoms with Crippen LogP contribution in [0.25, 0.3) is 11.0 Å². The molecule has 0 unspecified atom stereocenters. The number of ether oxygens (including phenoxy) is 1. The number of hydrogen-bond donors (Lipinski definition) is 1. The van der Waals surface area contributed by atoms with Crippen LogP contribution in [0.4, 0.5) is 19.0 Å². The van der Waals surface area contributed by atoms with Gasteiger partial charge >= 0.3 is 0 Å². The molecular formula is C26H30F3N5O3S. The first-order chi connectivity index (χ1) is 18.1. The predicted molar refractivity (Wildman–Crippen MR) is 139 cm³/mol. The summed E-state index contributed by atoms with van der Waals surface area (Å²) in [5.41, 5.74) is -1.12. The van der Waals surface area contributed by atoms with E-state index in [1.807, 2.05) is 0 Å². The van der Waals surface area contributed by atoms with Gasteiger partial charge in [0.1, 0.15) is 23.6 Å². The molecule has 2 aliphatic rings. The molecule has 1 atom stereocenters. The smallest absolute Gasteiger partial charge is 0.266 e. The number of alkyl halides is 2. The lowest BCUT2D eigenvalue weighted by atomic mass is 9.88. The topological polar surface area (TPSA) is 98.5 Å². The molecule has 2 aromatic heterocycles. The number of hydrogen-bond acceptors (Lipinski definition) is 7. The molecule has 0 bridgehead atoms. The Kier molecular flexibility index (Phi) is 6.97. The largest absolute Gasteiger partial charge is 0.373 e. The highest BCUT2D eigenvalue weighted by Gasteiger charge is 2.41. The number of pyridine rings is 1. The molecule has 2 fully saturated rings. The number of rotatable bonds is 7. The van der Waals surface area contributed by atoms with E-state index in [-0.39, 0.29) is 17.2 Å². The first kappa shape index (κ1) is 26.6. The SMILES string of the molecule is COC1(c2cc3c(N[C@H](C)c4cccc(C(F)F)c4F)ncnc3n(C)c2=O)CCS(=O)(=NC2CC2)CC1. The van der Waals surface area contributed by atoms with E-state index in [1.54, 1.807) is 20.0 Å². The lowest BCUT2D eigenvalue weighted by Crippen LogP contribution is -2.43. The van der Waals surface area contributed by atoms with E-state index in [0.29, 0.717) is 46.8 Å². The molecule has 1 saturated heterocycles. The van der Waals surface area contributed by atoms with Gasteiger partial charge in [-0.05, 0) is 38.7 Å². The molecular weight excluding hydrogens is 519 g/mol. The maximum Gasteiger partial charge on any atom is 0.266 e. The third kappa shape index (κ3) is 4.79. The van der Waals surface area contributed by atoms with Gasteiger partial charge in [0, 0.05) is 41.0 Å². The Morgan fingerprint density at radius 2 is 1.89 bits per heavy atom. The summed E-state index contributed by atoms with van der Waals surface area (Å²) in [6, 6.07) is 5.03. The van der Waals surface area contributed by atoms with Crippen molar-refractivity contribution in [3.8, 4) is 0 Å². The second kappa shape index (κ2) is 9.96. The van der Waals surface area contributed by atoms with E-state index in [0.717, 1.165) is 18.9 Å². The van der Waals surface area contributed by atoms with Crippen LogP contribution in [-0.4, -0.2) is 43.4 Å². The van der Waals surface area contributed by atoms with E-state index >= 15 is 0 Å². The fourth-order valence-electron chi connectivity index (χ4n) is 5.08. The van der Waals surface area contributed by atoms with Gasteiger partial charge < -0.3 is 10.1 Å². The number of nitrogens with one attached hydrogen (secondary N) is 1. The molecule has 1 aliphatic heterocycles. The summed E-state index contributed by atoms with van der Waals surface area (Å²) in [5, 5.41) is 3.60. The average Bonchev–Trinajstić information content (AvgIpc) is 3.71. The van der Waals surface area contributed by atoms with Gasteiger partial charge in [-0.25, -0.2) is 31.7 Å². The highest BCUT2D eigenvalue weighted by molar-refractivity contribution is 7.93. The third-order valence-electron chi connectivity index (χ3n) is 7.54. The first-order valence-corrected chi connectivity index (χ1v) is 14.4. The van der Waals surface area contributed by atoms with Crippen molar-refractivity contribution in [2.75, 3.05) is 23.9 Å². The number of benzene rings is 1. The minimum Gasteiger partial charge on any atom is -0.373 e. The van der Waals surface area contributed by atoms with Gasteiger partial charge in [0.2, 0.25) is 0 Å². The van der Waals surface area contributed by atoms with Crippen LogP contribution in [-0.2, 0) is 27.1 Å². The molecule has 12 heteroatoms. The molecule has 5 rings (SSSR count). The van der Waals surface area contributed by atoms with Crippen molar-refractivity contribution in [3.05, 3.63) is 63.5 Å². The molecule has 1 aromatic carbocycles. The number of aromatic nitrogens is 3. The number of aryl methyl sites for hydroxylation is 1. The number of fused-ring (bicyclic) bond motifs is 1. The van der Waals surface area contributed by atoms with Gasteiger partial charge in [-0.1, -0.05) is 18.2 Å².